The molecule has 0 aromatic heterocycles. The van der Waals surface area contributed by atoms with Crippen LogP contribution in [0.15, 0.2) is 40.9 Å². The molecule has 1 aliphatic rings. The van der Waals surface area contributed by atoms with E-state index in [-0.39, 0.29) is 16.8 Å². The second-order valence-electron chi connectivity index (χ2n) is 5.81. The Bertz CT molecular complexity index is 717. The molecule has 0 bridgehead atoms. The van der Waals surface area contributed by atoms with Crippen molar-refractivity contribution in [3.8, 4) is 5.75 Å². The molecule has 0 N–H and O–H groups in total. The highest BCUT2D eigenvalue weighted by atomic mass is 79.9. The number of halogens is 2. The van der Waals surface area contributed by atoms with E-state index in [1.807, 2.05) is 6.07 Å². The number of hydrogen-bond acceptors (Lipinski definition) is 2. The molecule has 0 aliphatic carbocycles. The number of carbonyl (C=O) groups is 1. The second kappa shape index (κ2) is 4.95. The topological polar surface area (TPSA) is 26.3 Å². The molecule has 2 aromatic carbocycles. The van der Waals surface area contributed by atoms with E-state index < -0.39 is 5.82 Å². The zero-order valence-electron chi connectivity index (χ0n) is 11.7. The first-order valence-corrected chi connectivity index (χ1v) is 7.45. The predicted molar refractivity (Wildman–Crippen MR) is 82.5 cm³/mol. The minimum atomic E-state index is -0.523. The van der Waals surface area contributed by atoms with Crippen molar-refractivity contribution in [2.75, 3.05) is 6.61 Å². The quantitative estimate of drug-likeness (QED) is 0.747. The maximum Gasteiger partial charge on any atom is 0.197 e. The lowest BCUT2D eigenvalue weighted by Gasteiger charge is -2.15. The van der Waals surface area contributed by atoms with Crippen molar-refractivity contribution < 1.29 is 13.9 Å². The van der Waals surface area contributed by atoms with Crippen molar-refractivity contribution in [1.29, 1.82) is 0 Å². The van der Waals surface area contributed by atoms with Crippen molar-refractivity contribution in [2.24, 2.45) is 0 Å². The first-order valence-electron chi connectivity index (χ1n) is 6.66. The van der Waals surface area contributed by atoms with Gasteiger partial charge in [0.1, 0.15) is 11.6 Å². The largest absolute Gasteiger partial charge is 0.492 e. The molecule has 1 heterocycles. The highest BCUT2D eigenvalue weighted by Crippen LogP contribution is 2.39. The van der Waals surface area contributed by atoms with Gasteiger partial charge in [0.05, 0.1) is 12.2 Å². The van der Waals surface area contributed by atoms with E-state index in [0.717, 1.165) is 11.3 Å². The maximum absolute atomic E-state index is 13.9. The predicted octanol–water partition coefficient (Wildman–Crippen LogP) is 4.49. The molecule has 0 saturated heterocycles. The molecule has 3 rings (SSSR count). The van der Waals surface area contributed by atoms with Crippen molar-refractivity contribution in [1.82, 2.24) is 0 Å². The maximum atomic E-state index is 13.9. The summed E-state index contributed by atoms with van der Waals surface area (Å²) in [5.74, 6) is -0.0555. The van der Waals surface area contributed by atoms with E-state index >= 15 is 0 Å². The van der Waals surface area contributed by atoms with E-state index in [2.05, 4.69) is 29.8 Å². The highest BCUT2D eigenvalue weighted by molar-refractivity contribution is 9.10. The molecule has 0 saturated carbocycles. The van der Waals surface area contributed by atoms with Crippen molar-refractivity contribution in [3.63, 3.8) is 0 Å². The van der Waals surface area contributed by atoms with Crippen LogP contribution in [-0.2, 0) is 5.41 Å². The molecule has 2 aromatic rings. The number of rotatable bonds is 2. The average Bonchev–Trinajstić information content (AvgIpc) is 2.74. The van der Waals surface area contributed by atoms with Gasteiger partial charge in [0, 0.05) is 21.0 Å². The summed E-state index contributed by atoms with van der Waals surface area (Å²) in [6.45, 7) is 4.71. The fraction of sp³-hybridized carbons (Fsp3) is 0.235. The van der Waals surface area contributed by atoms with Gasteiger partial charge in [-0.2, -0.15) is 0 Å². The number of ketones is 1. The molecule has 4 heteroatoms. The van der Waals surface area contributed by atoms with Crippen LogP contribution in [0.25, 0.3) is 0 Å². The van der Waals surface area contributed by atoms with E-state index in [0.29, 0.717) is 16.6 Å². The van der Waals surface area contributed by atoms with Crippen LogP contribution < -0.4 is 4.74 Å². The lowest BCUT2D eigenvalue weighted by Crippen LogP contribution is -2.18. The first-order chi connectivity index (χ1) is 9.90. The summed E-state index contributed by atoms with van der Waals surface area (Å²) in [4.78, 5) is 12.6. The molecule has 2 nitrogen and oxygen atoms in total. The number of fused-ring (bicyclic) bond motifs is 1. The van der Waals surface area contributed by atoms with Crippen LogP contribution in [0.3, 0.4) is 0 Å². The SMILES string of the molecule is CC1(C)COc2ccc(C(=O)c3c(F)cccc3Br)cc21. The van der Waals surface area contributed by atoms with Gasteiger partial charge in [-0.3, -0.25) is 4.79 Å². The van der Waals surface area contributed by atoms with Gasteiger partial charge in [-0.05, 0) is 46.3 Å². The Kier molecular flexibility index (Phi) is 3.36. The Morgan fingerprint density at radius 1 is 1.29 bits per heavy atom. The molecule has 0 atom stereocenters. The van der Waals surface area contributed by atoms with Crippen LogP contribution in [0.4, 0.5) is 4.39 Å². The molecule has 0 amide bonds. The van der Waals surface area contributed by atoms with Crippen LogP contribution in [0.1, 0.15) is 35.3 Å². The number of benzene rings is 2. The summed E-state index contributed by atoms with van der Waals surface area (Å²) in [6.07, 6.45) is 0. The molecule has 0 spiro atoms. The van der Waals surface area contributed by atoms with Gasteiger partial charge >= 0.3 is 0 Å². The summed E-state index contributed by atoms with van der Waals surface area (Å²) >= 11 is 3.24. The highest BCUT2D eigenvalue weighted by Gasteiger charge is 2.32. The van der Waals surface area contributed by atoms with E-state index in [1.54, 1.807) is 24.3 Å². The van der Waals surface area contributed by atoms with E-state index in [1.165, 1.54) is 6.07 Å². The molecule has 0 unspecified atom stereocenters. The smallest absolute Gasteiger partial charge is 0.197 e. The van der Waals surface area contributed by atoms with Gasteiger partial charge in [-0.15, -0.1) is 0 Å². The normalized spacial score (nSPS) is 15.4. The Labute approximate surface area is 131 Å². The van der Waals surface area contributed by atoms with Gasteiger partial charge < -0.3 is 4.74 Å². The van der Waals surface area contributed by atoms with Crippen LogP contribution >= 0.6 is 15.9 Å². The fourth-order valence-corrected chi connectivity index (χ4v) is 3.04. The summed E-state index contributed by atoms with van der Waals surface area (Å²) in [5.41, 5.74) is 1.38. The lowest BCUT2D eigenvalue weighted by molar-refractivity contribution is 0.103. The Hall–Kier alpha value is -1.68. The monoisotopic (exact) mass is 348 g/mol. The van der Waals surface area contributed by atoms with Gasteiger partial charge in [-0.25, -0.2) is 4.39 Å². The summed E-state index contributed by atoms with van der Waals surface area (Å²) < 4.78 is 20.0. The number of hydrogen-bond donors (Lipinski definition) is 0. The molecule has 108 valence electrons. The minimum absolute atomic E-state index is 0.0640. The Balaban J connectivity index is 2.08. The Morgan fingerprint density at radius 3 is 2.76 bits per heavy atom. The van der Waals surface area contributed by atoms with Crippen LogP contribution in [-0.4, -0.2) is 12.4 Å². The zero-order valence-corrected chi connectivity index (χ0v) is 13.3. The van der Waals surface area contributed by atoms with Crippen molar-refractivity contribution in [2.45, 2.75) is 19.3 Å². The van der Waals surface area contributed by atoms with Gasteiger partial charge in [-0.1, -0.05) is 19.9 Å². The second-order valence-corrected chi connectivity index (χ2v) is 6.66. The van der Waals surface area contributed by atoms with Crippen molar-refractivity contribution in [3.05, 3.63) is 63.4 Å². The summed E-state index contributed by atoms with van der Waals surface area (Å²) in [5, 5.41) is 0. The Morgan fingerprint density at radius 2 is 2.05 bits per heavy atom. The number of carbonyl (C=O) groups excluding carboxylic acids is 1. The summed E-state index contributed by atoms with van der Waals surface area (Å²) in [7, 11) is 0. The minimum Gasteiger partial charge on any atom is -0.492 e. The van der Waals surface area contributed by atoms with Gasteiger partial charge in [0.25, 0.3) is 0 Å². The number of ether oxygens (including phenoxy) is 1. The van der Waals surface area contributed by atoms with Gasteiger partial charge in [0.15, 0.2) is 5.78 Å². The third-order valence-corrected chi connectivity index (χ3v) is 4.41. The first kappa shape index (κ1) is 14.3. The molecule has 0 radical (unpaired) electrons. The van der Waals surface area contributed by atoms with Crippen molar-refractivity contribution >= 4 is 21.7 Å². The molecule has 0 fully saturated rings. The average molecular weight is 349 g/mol. The standard InChI is InChI=1S/C17H14BrFO2/c1-17(2)9-21-14-7-6-10(8-11(14)17)16(20)15-12(18)4-3-5-13(15)19/h3-8H,9H2,1-2H3. The third kappa shape index (κ3) is 2.38. The molecule has 21 heavy (non-hydrogen) atoms. The zero-order chi connectivity index (χ0) is 15.2. The van der Waals surface area contributed by atoms with E-state index in [4.69, 9.17) is 4.74 Å². The van der Waals surface area contributed by atoms with E-state index in [9.17, 15) is 9.18 Å². The lowest BCUT2D eigenvalue weighted by atomic mass is 9.85. The third-order valence-electron chi connectivity index (χ3n) is 3.75. The summed E-state index contributed by atoms with van der Waals surface area (Å²) in [6, 6.07) is 9.79. The molecule has 1 aliphatic heterocycles. The van der Waals surface area contributed by atoms with Crippen LogP contribution in [0.2, 0.25) is 0 Å². The van der Waals surface area contributed by atoms with Gasteiger partial charge in [0.2, 0.25) is 0 Å². The van der Waals surface area contributed by atoms with Crippen LogP contribution in [0.5, 0.6) is 5.75 Å². The fourth-order valence-electron chi connectivity index (χ4n) is 2.52. The molecular weight excluding hydrogens is 335 g/mol. The molecular formula is C17H14BrFO2. The van der Waals surface area contributed by atoms with Crippen LogP contribution in [0, 0.1) is 5.82 Å².